The highest BCUT2D eigenvalue weighted by molar-refractivity contribution is 7.90. The van der Waals surface area contributed by atoms with Gasteiger partial charge in [-0.3, -0.25) is 14.3 Å². The molecule has 0 aliphatic carbocycles. The van der Waals surface area contributed by atoms with Crippen molar-refractivity contribution in [3.05, 3.63) is 59.9 Å². The van der Waals surface area contributed by atoms with Crippen molar-refractivity contribution in [1.29, 1.82) is 0 Å². The van der Waals surface area contributed by atoms with Crippen molar-refractivity contribution in [2.75, 3.05) is 17.3 Å². The largest absolute Gasteiger partial charge is 0.458 e. The van der Waals surface area contributed by atoms with Crippen molar-refractivity contribution >= 4 is 61.9 Å². The van der Waals surface area contributed by atoms with Crippen molar-refractivity contribution in [2.24, 2.45) is 13.0 Å². The molecule has 2 heterocycles. The van der Waals surface area contributed by atoms with Crippen molar-refractivity contribution in [2.45, 2.75) is 77.8 Å². The Hall–Kier alpha value is -5.05. The average Bonchev–Trinajstić information content (AvgIpc) is 3.30. The number of hydrogen-bond donors (Lipinski definition) is 3. The SMILES string of the molecule is Cc1ccc(Nc2nccc(N(C)c3ccc4c(C)n(C)nc4c3)n2)cc1S(=O)(=O)NC(=O)CCC(=O)N[C@H](C(=O)OC(C)(C)C)C(C)C. The molecule has 0 aliphatic heterocycles. The first-order valence-corrected chi connectivity index (χ1v) is 17.3. The average molecular weight is 693 g/mol. The van der Waals surface area contributed by atoms with Gasteiger partial charge in [0.25, 0.3) is 10.0 Å². The van der Waals surface area contributed by atoms with Gasteiger partial charge in [-0.25, -0.2) is 22.9 Å². The van der Waals surface area contributed by atoms with Gasteiger partial charge in [0, 0.05) is 55.6 Å². The number of rotatable bonds is 12. The minimum atomic E-state index is -4.30. The molecule has 1 atom stereocenters. The lowest BCUT2D eigenvalue weighted by Gasteiger charge is -2.26. The number of sulfonamides is 1. The standard InChI is InChI=1S/C34H44N8O6S/c1-20(2)31(32(45)48-34(5,6)7)38-29(43)14-15-30(44)40-49(46,47)27-18-23(11-10-21(27)3)36-33-35-17-16-28(37-33)41(8)24-12-13-25-22(4)42(9)39-26(25)19-24/h10-13,16-20,31H,14-15H2,1-9H3,(H,38,43)(H,40,44)(H,35,36,37)/t31-/m0/s1. The van der Waals surface area contributed by atoms with Crippen molar-refractivity contribution in [1.82, 2.24) is 29.8 Å². The summed E-state index contributed by atoms with van der Waals surface area (Å²) in [5.41, 5.74) is 2.84. The van der Waals surface area contributed by atoms with Gasteiger partial charge >= 0.3 is 5.97 Å². The molecule has 2 aromatic carbocycles. The molecular weight excluding hydrogens is 648 g/mol. The van der Waals surface area contributed by atoms with E-state index >= 15 is 0 Å². The lowest BCUT2D eigenvalue weighted by Crippen LogP contribution is -2.47. The quantitative estimate of drug-likeness (QED) is 0.177. The second kappa shape index (κ2) is 14.6. The van der Waals surface area contributed by atoms with Crippen LogP contribution in [0.5, 0.6) is 0 Å². The number of ether oxygens (including phenoxy) is 1. The summed E-state index contributed by atoms with van der Waals surface area (Å²) in [7, 11) is -0.531. The minimum Gasteiger partial charge on any atom is -0.458 e. The zero-order valence-electron chi connectivity index (χ0n) is 29.3. The molecule has 0 spiro atoms. The molecule has 4 rings (SSSR count). The molecule has 0 saturated heterocycles. The highest BCUT2D eigenvalue weighted by Crippen LogP contribution is 2.28. The minimum absolute atomic E-state index is 0.132. The molecule has 4 aromatic rings. The topological polar surface area (TPSA) is 178 Å². The summed E-state index contributed by atoms with van der Waals surface area (Å²) in [6, 6.07) is 11.5. The number of aromatic nitrogens is 4. The number of esters is 1. The Labute approximate surface area is 286 Å². The van der Waals surface area contributed by atoms with Gasteiger partial charge in [-0.1, -0.05) is 19.9 Å². The second-order valence-corrected chi connectivity index (χ2v) is 14.8. The van der Waals surface area contributed by atoms with E-state index in [-0.39, 0.29) is 23.2 Å². The number of carbonyl (C=O) groups excluding carboxylic acids is 3. The number of amides is 2. The Bertz CT molecular complexity index is 1980. The first-order valence-electron chi connectivity index (χ1n) is 15.8. The van der Waals surface area contributed by atoms with Crippen LogP contribution in [0.3, 0.4) is 0 Å². The van der Waals surface area contributed by atoms with Crippen LogP contribution >= 0.6 is 0 Å². The molecule has 0 saturated carbocycles. The predicted octanol–water partition coefficient (Wildman–Crippen LogP) is 4.56. The van der Waals surface area contributed by atoms with Crippen molar-refractivity contribution in [3.63, 3.8) is 0 Å². The third kappa shape index (κ3) is 9.31. The smallest absolute Gasteiger partial charge is 0.329 e. The zero-order chi connectivity index (χ0) is 36.3. The van der Waals surface area contributed by atoms with Crippen LogP contribution in [0.4, 0.5) is 23.1 Å². The predicted molar refractivity (Wildman–Crippen MR) is 187 cm³/mol. The maximum atomic E-state index is 13.3. The number of fused-ring (bicyclic) bond motifs is 1. The van der Waals surface area contributed by atoms with E-state index in [4.69, 9.17) is 4.74 Å². The summed E-state index contributed by atoms with van der Waals surface area (Å²) in [5.74, 6) is -1.49. The van der Waals surface area contributed by atoms with E-state index in [1.54, 1.807) is 65.9 Å². The fourth-order valence-electron chi connectivity index (χ4n) is 4.94. The molecule has 14 nitrogen and oxygen atoms in total. The fourth-order valence-corrected chi connectivity index (χ4v) is 6.23. The summed E-state index contributed by atoms with van der Waals surface area (Å²) in [5, 5.41) is 11.3. The lowest BCUT2D eigenvalue weighted by atomic mass is 10.0. The highest BCUT2D eigenvalue weighted by atomic mass is 32.2. The number of aryl methyl sites for hydroxylation is 3. The summed E-state index contributed by atoms with van der Waals surface area (Å²) >= 11 is 0. The molecule has 3 N–H and O–H groups in total. The van der Waals surface area contributed by atoms with Crippen LogP contribution in [-0.4, -0.2) is 64.6 Å². The van der Waals surface area contributed by atoms with Crippen LogP contribution in [0, 0.1) is 19.8 Å². The van der Waals surface area contributed by atoms with Gasteiger partial charge in [0.1, 0.15) is 17.5 Å². The van der Waals surface area contributed by atoms with Crippen LogP contribution in [0.2, 0.25) is 0 Å². The van der Waals surface area contributed by atoms with Gasteiger partial charge in [-0.05, 0) is 82.5 Å². The third-order valence-corrected chi connectivity index (χ3v) is 9.21. The van der Waals surface area contributed by atoms with Crippen LogP contribution in [0.25, 0.3) is 10.9 Å². The molecular formula is C34H44N8O6S. The van der Waals surface area contributed by atoms with Crippen LogP contribution in [-0.2, 0) is 36.2 Å². The summed E-state index contributed by atoms with van der Waals surface area (Å²) in [6.45, 7) is 12.3. The van der Waals surface area contributed by atoms with Gasteiger partial charge in [0.15, 0.2) is 0 Å². The summed E-state index contributed by atoms with van der Waals surface area (Å²) in [6.07, 6.45) is 0.845. The van der Waals surface area contributed by atoms with Crippen LogP contribution in [0.15, 0.2) is 53.6 Å². The Morgan fingerprint density at radius 3 is 2.37 bits per heavy atom. The monoisotopic (exact) mass is 692 g/mol. The van der Waals surface area contributed by atoms with Crippen molar-refractivity contribution < 1.29 is 27.5 Å². The Morgan fingerprint density at radius 1 is 1.00 bits per heavy atom. The Balaban J connectivity index is 1.41. The normalized spacial score (nSPS) is 12.4. The molecule has 2 amide bonds. The third-order valence-electron chi connectivity index (χ3n) is 7.69. The zero-order valence-corrected chi connectivity index (χ0v) is 30.1. The highest BCUT2D eigenvalue weighted by Gasteiger charge is 2.29. The number of hydrogen-bond acceptors (Lipinski definition) is 11. The molecule has 0 bridgehead atoms. The number of nitrogens with one attached hydrogen (secondary N) is 3. The second-order valence-electron chi connectivity index (χ2n) is 13.2. The van der Waals surface area contributed by atoms with Crippen LogP contribution < -0.4 is 20.3 Å². The van der Waals surface area contributed by atoms with Gasteiger partial charge in [-0.2, -0.15) is 10.1 Å². The summed E-state index contributed by atoms with van der Waals surface area (Å²) < 4.78 is 35.8. The summed E-state index contributed by atoms with van der Waals surface area (Å²) in [4.78, 5) is 48.4. The van der Waals surface area contributed by atoms with E-state index in [9.17, 15) is 22.8 Å². The molecule has 0 fully saturated rings. The van der Waals surface area contributed by atoms with E-state index in [0.29, 0.717) is 17.1 Å². The lowest BCUT2D eigenvalue weighted by molar-refractivity contribution is -0.160. The van der Waals surface area contributed by atoms with E-state index in [1.807, 2.05) is 53.5 Å². The molecule has 2 aromatic heterocycles. The molecule has 262 valence electrons. The number of nitrogens with zero attached hydrogens (tertiary/aromatic N) is 5. The maximum Gasteiger partial charge on any atom is 0.329 e. The molecule has 0 radical (unpaired) electrons. The Kier molecular flexibility index (Phi) is 11.0. The first kappa shape index (κ1) is 36.8. The van der Waals surface area contributed by atoms with E-state index in [2.05, 4.69) is 25.7 Å². The molecule has 49 heavy (non-hydrogen) atoms. The van der Waals surface area contributed by atoms with Crippen molar-refractivity contribution in [3.8, 4) is 0 Å². The van der Waals surface area contributed by atoms with Gasteiger partial charge < -0.3 is 20.3 Å². The number of benzene rings is 2. The fraction of sp³-hybridized carbons (Fsp3) is 0.412. The van der Waals surface area contributed by atoms with E-state index < -0.39 is 45.9 Å². The maximum absolute atomic E-state index is 13.3. The first-order chi connectivity index (χ1) is 22.8. The molecule has 0 unspecified atom stereocenters. The Morgan fingerprint density at radius 2 is 1.69 bits per heavy atom. The van der Waals surface area contributed by atoms with E-state index in [0.717, 1.165) is 22.3 Å². The van der Waals surface area contributed by atoms with E-state index in [1.165, 1.54) is 6.07 Å². The molecule has 15 heteroatoms. The molecule has 0 aliphatic rings. The van der Waals surface area contributed by atoms with Gasteiger partial charge in [0.05, 0.1) is 10.4 Å². The number of carbonyl (C=O) groups is 3. The van der Waals surface area contributed by atoms with Gasteiger partial charge in [0.2, 0.25) is 17.8 Å². The number of anilines is 4. The van der Waals surface area contributed by atoms with Crippen LogP contribution in [0.1, 0.15) is 58.7 Å². The van der Waals surface area contributed by atoms with Gasteiger partial charge in [-0.15, -0.1) is 0 Å².